The van der Waals surface area contributed by atoms with Crippen molar-refractivity contribution in [1.82, 2.24) is 10.2 Å². The lowest BCUT2D eigenvalue weighted by atomic mass is 10.2. The van der Waals surface area contributed by atoms with E-state index < -0.39 is 31.3 Å². The van der Waals surface area contributed by atoms with Gasteiger partial charge in [-0.15, -0.1) is 0 Å². The van der Waals surface area contributed by atoms with Crippen molar-refractivity contribution in [2.24, 2.45) is 0 Å². The van der Waals surface area contributed by atoms with E-state index in [1.807, 2.05) is 0 Å². The van der Waals surface area contributed by atoms with Crippen LogP contribution >= 0.6 is 0 Å². The van der Waals surface area contributed by atoms with Crippen molar-refractivity contribution >= 4 is 5.91 Å². The molecule has 7 heteroatoms. The molecule has 0 heterocycles. The van der Waals surface area contributed by atoms with Crippen molar-refractivity contribution in [1.29, 1.82) is 0 Å². The van der Waals surface area contributed by atoms with Gasteiger partial charge >= 0.3 is 6.18 Å². The number of carbonyl (C=O) groups is 1. The van der Waals surface area contributed by atoms with Crippen LogP contribution in [0.4, 0.5) is 13.2 Å². The second-order valence-electron chi connectivity index (χ2n) is 4.15. The Morgan fingerprint density at radius 3 is 2.24 bits per heavy atom. The smallest absolute Gasteiger partial charge is 0.395 e. The molecular weight excluding hydrogens is 237 g/mol. The maximum atomic E-state index is 12.3. The van der Waals surface area contributed by atoms with Crippen LogP contribution in [-0.2, 0) is 4.79 Å². The molecule has 1 atom stereocenters. The van der Waals surface area contributed by atoms with Gasteiger partial charge in [-0.1, -0.05) is 0 Å². The molecule has 0 saturated heterocycles. The van der Waals surface area contributed by atoms with E-state index in [4.69, 9.17) is 5.11 Å². The Labute approximate surface area is 98.8 Å². The summed E-state index contributed by atoms with van der Waals surface area (Å²) in [5, 5.41) is 11.2. The number of hydrogen-bond donors (Lipinski definition) is 2. The normalized spacial score (nSPS) is 14.2. The maximum absolute atomic E-state index is 12.3. The SMILES string of the molecule is CC(C)NC(=O)C(C)N(CCO)CC(F)(F)F. The van der Waals surface area contributed by atoms with Crippen molar-refractivity contribution in [2.45, 2.75) is 39.0 Å². The summed E-state index contributed by atoms with van der Waals surface area (Å²) in [6.07, 6.45) is -4.39. The number of amides is 1. The third-order valence-corrected chi connectivity index (χ3v) is 2.13. The maximum Gasteiger partial charge on any atom is 0.401 e. The van der Waals surface area contributed by atoms with Crippen LogP contribution in [0.1, 0.15) is 20.8 Å². The first kappa shape index (κ1) is 16.2. The predicted octanol–water partition coefficient (Wildman–Crippen LogP) is 0.756. The molecule has 4 nitrogen and oxygen atoms in total. The molecule has 0 aliphatic carbocycles. The average molecular weight is 256 g/mol. The zero-order valence-corrected chi connectivity index (χ0v) is 10.2. The highest BCUT2D eigenvalue weighted by Gasteiger charge is 2.34. The van der Waals surface area contributed by atoms with Gasteiger partial charge in [0, 0.05) is 12.6 Å². The topological polar surface area (TPSA) is 52.6 Å². The number of aliphatic hydroxyl groups is 1. The number of halogens is 3. The minimum absolute atomic E-state index is 0.133. The van der Waals surface area contributed by atoms with E-state index in [-0.39, 0.29) is 12.6 Å². The molecule has 0 aromatic rings. The Morgan fingerprint density at radius 2 is 1.88 bits per heavy atom. The predicted molar refractivity (Wildman–Crippen MR) is 57.5 cm³/mol. The average Bonchev–Trinajstić information content (AvgIpc) is 2.12. The summed E-state index contributed by atoms with van der Waals surface area (Å²) >= 11 is 0. The van der Waals surface area contributed by atoms with Crippen LogP contribution in [0.5, 0.6) is 0 Å². The summed E-state index contributed by atoms with van der Waals surface area (Å²) in [6, 6.07) is -1.06. The molecule has 1 unspecified atom stereocenters. The van der Waals surface area contributed by atoms with Gasteiger partial charge in [0.25, 0.3) is 0 Å². The van der Waals surface area contributed by atoms with E-state index in [0.717, 1.165) is 4.90 Å². The number of nitrogens with one attached hydrogen (secondary N) is 1. The van der Waals surface area contributed by atoms with Gasteiger partial charge in [-0.3, -0.25) is 9.69 Å². The van der Waals surface area contributed by atoms with Crippen LogP contribution in [0.3, 0.4) is 0 Å². The molecule has 102 valence electrons. The van der Waals surface area contributed by atoms with Gasteiger partial charge in [0.1, 0.15) is 0 Å². The van der Waals surface area contributed by atoms with Gasteiger partial charge in [-0.2, -0.15) is 13.2 Å². The van der Waals surface area contributed by atoms with Crippen LogP contribution in [0.25, 0.3) is 0 Å². The van der Waals surface area contributed by atoms with Crippen LogP contribution in [-0.4, -0.2) is 53.9 Å². The third kappa shape index (κ3) is 7.17. The van der Waals surface area contributed by atoms with E-state index in [1.54, 1.807) is 13.8 Å². The summed E-state index contributed by atoms with van der Waals surface area (Å²) < 4.78 is 36.8. The number of carbonyl (C=O) groups excluding carboxylic acids is 1. The molecule has 0 fully saturated rings. The Bertz CT molecular complexity index is 244. The lowest BCUT2D eigenvalue weighted by Gasteiger charge is -2.28. The molecule has 0 aromatic carbocycles. The highest BCUT2D eigenvalue weighted by Crippen LogP contribution is 2.17. The fourth-order valence-electron chi connectivity index (χ4n) is 1.34. The number of hydrogen-bond acceptors (Lipinski definition) is 3. The van der Waals surface area contributed by atoms with E-state index in [1.165, 1.54) is 6.92 Å². The largest absolute Gasteiger partial charge is 0.401 e. The van der Waals surface area contributed by atoms with Crippen molar-refractivity contribution < 1.29 is 23.1 Å². The van der Waals surface area contributed by atoms with Crippen LogP contribution < -0.4 is 5.32 Å². The van der Waals surface area contributed by atoms with Gasteiger partial charge in [0.15, 0.2) is 0 Å². The monoisotopic (exact) mass is 256 g/mol. The Balaban J connectivity index is 4.52. The highest BCUT2D eigenvalue weighted by molar-refractivity contribution is 5.81. The third-order valence-electron chi connectivity index (χ3n) is 2.13. The lowest BCUT2D eigenvalue weighted by molar-refractivity contribution is -0.155. The first-order chi connectivity index (χ1) is 7.67. The molecule has 1 amide bonds. The molecule has 0 bridgehead atoms. The zero-order chi connectivity index (χ0) is 13.6. The van der Waals surface area contributed by atoms with Gasteiger partial charge in [0.05, 0.1) is 19.2 Å². The second kappa shape index (κ2) is 6.80. The quantitative estimate of drug-likeness (QED) is 0.737. The van der Waals surface area contributed by atoms with Crippen molar-refractivity contribution in [2.75, 3.05) is 19.7 Å². The van der Waals surface area contributed by atoms with Gasteiger partial charge < -0.3 is 10.4 Å². The number of rotatable bonds is 6. The lowest BCUT2D eigenvalue weighted by Crippen LogP contribution is -2.50. The molecule has 0 saturated carbocycles. The first-order valence-corrected chi connectivity index (χ1v) is 5.39. The molecular formula is C10H19F3N2O2. The van der Waals surface area contributed by atoms with E-state index in [2.05, 4.69) is 5.32 Å². The standard InChI is InChI=1S/C10H19F3N2O2/c1-7(2)14-9(17)8(3)15(4-5-16)6-10(11,12)13/h7-8,16H,4-6H2,1-3H3,(H,14,17). The summed E-state index contributed by atoms with van der Waals surface area (Å²) in [5.41, 5.74) is 0. The van der Waals surface area contributed by atoms with E-state index in [9.17, 15) is 18.0 Å². The Hall–Kier alpha value is -0.820. The summed E-state index contributed by atoms with van der Waals surface area (Å²) in [4.78, 5) is 12.5. The summed E-state index contributed by atoms with van der Waals surface area (Å²) in [7, 11) is 0. The van der Waals surface area contributed by atoms with Crippen molar-refractivity contribution in [3.63, 3.8) is 0 Å². The minimum Gasteiger partial charge on any atom is -0.395 e. The number of alkyl halides is 3. The van der Waals surface area contributed by atoms with Gasteiger partial charge in [-0.05, 0) is 20.8 Å². The minimum atomic E-state index is -4.39. The molecule has 0 radical (unpaired) electrons. The zero-order valence-electron chi connectivity index (χ0n) is 10.2. The van der Waals surface area contributed by atoms with E-state index in [0.29, 0.717) is 0 Å². The number of nitrogens with zero attached hydrogens (tertiary/aromatic N) is 1. The van der Waals surface area contributed by atoms with Crippen LogP contribution in [0.15, 0.2) is 0 Å². The molecule has 0 aliphatic rings. The molecule has 2 N–H and O–H groups in total. The summed E-state index contributed by atoms with van der Waals surface area (Å²) in [6.45, 7) is 3.02. The number of aliphatic hydroxyl groups excluding tert-OH is 1. The van der Waals surface area contributed by atoms with Crippen LogP contribution in [0.2, 0.25) is 0 Å². The fourth-order valence-corrected chi connectivity index (χ4v) is 1.34. The van der Waals surface area contributed by atoms with Crippen molar-refractivity contribution in [3.8, 4) is 0 Å². The Kier molecular flexibility index (Phi) is 6.48. The van der Waals surface area contributed by atoms with Gasteiger partial charge in [-0.25, -0.2) is 0 Å². The molecule has 17 heavy (non-hydrogen) atoms. The Morgan fingerprint density at radius 1 is 1.35 bits per heavy atom. The van der Waals surface area contributed by atoms with Crippen molar-refractivity contribution in [3.05, 3.63) is 0 Å². The molecule has 0 aliphatic heterocycles. The molecule has 0 spiro atoms. The highest BCUT2D eigenvalue weighted by atomic mass is 19.4. The molecule has 0 rings (SSSR count). The first-order valence-electron chi connectivity index (χ1n) is 5.39. The second-order valence-corrected chi connectivity index (χ2v) is 4.15. The van der Waals surface area contributed by atoms with E-state index >= 15 is 0 Å². The summed E-state index contributed by atoms with van der Waals surface area (Å²) in [5.74, 6) is -0.474. The fraction of sp³-hybridized carbons (Fsp3) is 0.900. The molecule has 0 aromatic heterocycles. The van der Waals surface area contributed by atoms with Gasteiger partial charge in [0.2, 0.25) is 5.91 Å². The van der Waals surface area contributed by atoms with Crippen LogP contribution in [0, 0.1) is 0 Å².